The predicted octanol–water partition coefficient (Wildman–Crippen LogP) is 0.332. The van der Waals surface area contributed by atoms with Crippen molar-refractivity contribution < 1.29 is 4.74 Å². The number of rotatable bonds is 0. The average Bonchev–Trinajstić information content (AvgIpc) is 2.13. The summed E-state index contributed by atoms with van der Waals surface area (Å²) >= 11 is 0. The molecule has 0 aromatic carbocycles. The highest BCUT2D eigenvalue weighted by Gasteiger charge is 2.19. The maximum absolute atomic E-state index is 9.77. The Kier molecular flexibility index (Phi) is 1.33. The molecule has 0 fully saturated rings. The number of hydrogen-bond donors (Lipinski definition) is 0. The molecule has 5 heteroatoms. The van der Waals surface area contributed by atoms with E-state index in [0.717, 1.165) is 0 Å². The third-order valence-electron chi connectivity index (χ3n) is 1.12. The molecule has 1 aliphatic heterocycles. The quantitative estimate of drug-likeness (QED) is 0.443. The lowest BCUT2D eigenvalue weighted by Gasteiger charge is -2.09. The molecule has 9 heavy (non-hydrogen) atoms. The molecule has 0 saturated heterocycles. The number of nitroso groups, excluding NO2 is 1. The van der Waals surface area contributed by atoms with Crippen molar-refractivity contribution >= 4 is 6.02 Å². The van der Waals surface area contributed by atoms with E-state index >= 15 is 0 Å². The van der Waals surface area contributed by atoms with Gasteiger partial charge < -0.3 is 4.74 Å². The molecule has 0 aliphatic carbocycles. The molecule has 1 rings (SSSR count). The van der Waals surface area contributed by atoms with Gasteiger partial charge in [0.1, 0.15) is 0 Å². The van der Waals surface area contributed by atoms with Gasteiger partial charge in [0.05, 0.1) is 0 Å². The molecule has 0 saturated carbocycles. The summed E-state index contributed by atoms with van der Waals surface area (Å²) in [5.41, 5.74) is 0. The molecule has 0 N–H and O–H groups in total. The molecule has 0 amide bonds. The van der Waals surface area contributed by atoms with E-state index in [0.29, 0.717) is 0 Å². The molecular formula is C4H7N3O2. The molecule has 0 bridgehead atoms. The Hall–Kier alpha value is -1.13. The summed E-state index contributed by atoms with van der Waals surface area (Å²) in [4.78, 5) is 9.77. The summed E-state index contributed by atoms with van der Waals surface area (Å²) in [6.07, 6.45) is -0.169. The molecule has 0 radical (unpaired) electrons. The van der Waals surface area contributed by atoms with Crippen molar-refractivity contribution in [3.63, 3.8) is 0 Å². The van der Waals surface area contributed by atoms with Crippen molar-refractivity contribution in [2.24, 2.45) is 10.3 Å². The minimum atomic E-state index is -0.169. The average molecular weight is 129 g/mol. The van der Waals surface area contributed by atoms with Gasteiger partial charge in [-0.2, -0.15) is 0 Å². The molecular weight excluding hydrogens is 122 g/mol. The van der Waals surface area contributed by atoms with Gasteiger partial charge in [-0.1, -0.05) is 0 Å². The van der Waals surface area contributed by atoms with Gasteiger partial charge in [-0.25, -0.2) is 0 Å². The van der Waals surface area contributed by atoms with Crippen LogP contribution in [0.5, 0.6) is 0 Å². The maximum atomic E-state index is 9.77. The van der Waals surface area contributed by atoms with Gasteiger partial charge in [-0.05, 0) is 6.92 Å². The molecule has 1 heterocycles. The minimum Gasteiger partial charge on any atom is -0.435 e. The van der Waals surface area contributed by atoms with Crippen LogP contribution in [0, 0.1) is 4.91 Å². The zero-order valence-electron chi connectivity index (χ0n) is 5.24. The van der Waals surface area contributed by atoms with Crippen LogP contribution in [0.15, 0.2) is 10.3 Å². The number of amidine groups is 1. The Morgan fingerprint density at radius 3 is 2.78 bits per heavy atom. The highest BCUT2D eigenvalue weighted by molar-refractivity contribution is 5.75. The fourth-order valence-electron chi connectivity index (χ4n) is 0.508. The molecule has 1 atom stereocenters. The van der Waals surface area contributed by atoms with Gasteiger partial charge in [0.2, 0.25) is 0 Å². The third kappa shape index (κ3) is 0.984. The van der Waals surface area contributed by atoms with Crippen molar-refractivity contribution in [3.8, 4) is 0 Å². The van der Waals surface area contributed by atoms with Crippen molar-refractivity contribution in [2.45, 2.75) is 13.2 Å². The van der Waals surface area contributed by atoms with Crippen molar-refractivity contribution in [2.75, 3.05) is 7.05 Å². The summed E-state index contributed by atoms with van der Waals surface area (Å²) < 4.78 is 4.82. The summed E-state index contributed by atoms with van der Waals surface area (Å²) in [5, 5.41) is 7.69. The summed E-state index contributed by atoms with van der Waals surface area (Å²) in [5.74, 6) is 0. The molecule has 50 valence electrons. The smallest absolute Gasteiger partial charge is 0.374 e. The second kappa shape index (κ2) is 2.00. The van der Waals surface area contributed by atoms with Gasteiger partial charge in [-0.3, -0.25) is 5.01 Å². The van der Waals surface area contributed by atoms with Gasteiger partial charge in [0, 0.05) is 12.2 Å². The fourth-order valence-corrected chi connectivity index (χ4v) is 0.508. The Morgan fingerprint density at radius 2 is 2.56 bits per heavy atom. The molecule has 1 unspecified atom stereocenters. The first-order valence-corrected chi connectivity index (χ1v) is 2.55. The zero-order valence-corrected chi connectivity index (χ0v) is 5.24. The van der Waals surface area contributed by atoms with E-state index in [1.54, 1.807) is 14.0 Å². The lowest BCUT2D eigenvalue weighted by molar-refractivity contribution is 0.0947. The lowest BCUT2D eigenvalue weighted by Crippen LogP contribution is -2.19. The van der Waals surface area contributed by atoms with Crippen LogP contribution in [0.2, 0.25) is 0 Å². The highest BCUT2D eigenvalue weighted by Crippen LogP contribution is 2.08. The van der Waals surface area contributed by atoms with Gasteiger partial charge >= 0.3 is 6.02 Å². The van der Waals surface area contributed by atoms with E-state index < -0.39 is 0 Å². The van der Waals surface area contributed by atoms with Gasteiger partial charge in [-0.15, -0.1) is 10.0 Å². The first kappa shape index (κ1) is 6.00. The monoisotopic (exact) mass is 129 g/mol. The minimum absolute atomic E-state index is 0.0926. The van der Waals surface area contributed by atoms with Gasteiger partial charge in [0.25, 0.3) is 0 Å². The van der Waals surface area contributed by atoms with E-state index in [1.807, 2.05) is 0 Å². The third-order valence-corrected chi connectivity index (χ3v) is 1.12. The van der Waals surface area contributed by atoms with E-state index in [-0.39, 0.29) is 12.2 Å². The van der Waals surface area contributed by atoms with E-state index in [4.69, 9.17) is 4.74 Å². The Balaban J connectivity index is 2.62. The van der Waals surface area contributed by atoms with Crippen LogP contribution in [0.3, 0.4) is 0 Å². The molecule has 0 aromatic rings. The Morgan fingerprint density at radius 1 is 1.89 bits per heavy atom. The number of hydrazone groups is 1. The summed E-state index contributed by atoms with van der Waals surface area (Å²) in [6.45, 7) is 1.78. The summed E-state index contributed by atoms with van der Waals surface area (Å²) in [7, 11) is 1.71. The largest absolute Gasteiger partial charge is 0.435 e. The lowest BCUT2D eigenvalue weighted by atomic mass is 10.6. The number of hydrogen-bond acceptors (Lipinski definition) is 5. The first-order chi connectivity index (χ1) is 4.24. The van der Waals surface area contributed by atoms with Gasteiger partial charge in [0.15, 0.2) is 6.23 Å². The standard InChI is InChI=1S/C4H7N3O2/c1-3-7(2)5-4(6-8)9-3/h3H,1-2H3. The second-order valence-electron chi connectivity index (χ2n) is 1.76. The predicted molar refractivity (Wildman–Crippen MR) is 31.5 cm³/mol. The van der Waals surface area contributed by atoms with Crippen LogP contribution in [-0.2, 0) is 4.74 Å². The fraction of sp³-hybridized carbons (Fsp3) is 0.750. The Bertz CT molecular complexity index is 156. The van der Waals surface area contributed by atoms with Crippen molar-refractivity contribution in [1.29, 1.82) is 0 Å². The van der Waals surface area contributed by atoms with Crippen LogP contribution in [0.1, 0.15) is 6.92 Å². The Labute approximate surface area is 52.3 Å². The van der Waals surface area contributed by atoms with Crippen LogP contribution in [-0.4, -0.2) is 24.3 Å². The molecule has 0 spiro atoms. The maximum Gasteiger partial charge on any atom is 0.374 e. The van der Waals surface area contributed by atoms with Crippen LogP contribution in [0.25, 0.3) is 0 Å². The van der Waals surface area contributed by atoms with Crippen molar-refractivity contribution in [3.05, 3.63) is 4.91 Å². The number of nitrogens with zero attached hydrogens (tertiary/aromatic N) is 3. The topological polar surface area (TPSA) is 54.3 Å². The zero-order chi connectivity index (χ0) is 6.85. The van der Waals surface area contributed by atoms with E-state index in [2.05, 4.69) is 10.3 Å². The normalized spacial score (nSPS) is 25.3. The van der Waals surface area contributed by atoms with E-state index in [9.17, 15) is 4.91 Å². The summed E-state index contributed by atoms with van der Waals surface area (Å²) in [6, 6.07) is -0.0926. The van der Waals surface area contributed by atoms with Crippen LogP contribution in [0.4, 0.5) is 0 Å². The number of ether oxygens (including phenoxy) is 1. The van der Waals surface area contributed by atoms with Crippen molar-refractivity contribution in [1.82, 2.24) is 5.01 Å². The van der Waals surface area contributed by atoms with Crippen LogP contribution >= 0.6 is 0 Å². The van der Waals surface area contributed by atoms with Crippen LogP contribution < -0.4 is 0 Å². The van der Waals surface area contributed by atoms with E-state index in [1.165, 1.54) is 5.01 Å². The molecule has 0 aromatic heterocycles. The molecule has 1 aliphatic rings. The first-order valence-electron chi connectivity index (χ1n) is 2.55. The SMILES string of the molecule is CC1OC(N=O)=NN1C. The molecule has 5 nitrogen and oxygen atoms in total. The second-order valence-corrected chi connectivity index (χ2v) is 1.76. The highest BCUT2D eigenvalue weighted by atomic mass is 16.6.